The Kier molecular flexibility index (Phi) is 16.0. The zero-order valence-corrected chi connectivity index (χ0v) is 37.7. The number of carboxylic acid groups (broad SMARTS) is 1. The van der Waals surface area contributed by atoms with Crippen molar-refractivity contribution in [1.82, 2.24) is 40.5 Å². The number of fused-ring (bicyclic) bond motifs is 7. The molecule has 0 saturated carbocycles. The van der Waals surface area contributed by atoms with Crippen LogP contribution in [0.4, 0.5) is 0 Å². The third-order valence-corrected chi connectivity index (χ3v) is 11.4. The van der Waals surface area contributed by atoms with E-state index >= 15 is 4.79 Å². The minimum atomic E-state index is -2.10. The Hall–Kier alpha value is -6.90. The number of hydrogen-bond donors (Lipinski definition) is 6. The molecule has 3 aromatic carbocycles. The smallest absolute Gasteiger partial charge is 0.326 e. The Morgan fingerprint density at radius 1 is 0.923 bits per heavy atom. The summed E-state index contributed by atoms with van der Waals surface area (Å²) in [6.45, 7) is 5.53. The Labute approximate surface area is 377 Å². The molecule has 65 heavy (non-hydrogen) atoms. The number of likely N-dealkylation sites (N-methyl/N-ethyl adjacent to an activating group) is 2. The van der Waals surface area contributed by atoms with Gasteiger partial charge in [-0.05, 0) is 80.8 Å². The molecule has 0 saturated heterocycles. The number of rotatable bonds is 17. The first-order chi connectivity index (χ1) is 30.8. The largest absolute Gasteiger partial charge is 0.497 e. The summed E-state index contributed by atoms with van der Waals surface area (Å²) >= 11 is 0. The first-order valence-corrected chi connectivity index (χ1v) is 20.9. The average Bonchev–Trinajstić information content (AvgIpc) is 3.78. The summed E-state index contributed by atoms with van der Waals surface area (Å²) in [5.41, 5.74) is 11.5. The number of nitrogens with zero attached hydrogens (tertiary/aromatic N) is 5. The SMILES string of the molecule is COc1ccc(C[C@@H](C(=O)N[C@@H](C)C(=O)CN[C@]2(N(C)C(=O)[C@H](C)N)Cc3ccc(cc3)Oc3cc(ccc3OC)C[C@@H](C(=O)O)N(C)C2=O)n2cnnc2[C@H](C)NC(=O)[C@@H](C)N)cc1. The average molecular weight is 899 g/mol. The Morgan fingerprint density at radius 3 is 2.18 bits per heavy atom. The molecule has 8 N–H and O–H groups in total. The molecule has 1 aromatic heterocycles. The lowest BCUT2D eigenvalue weighted by atomic mass is 9.93. The second-order valence-electron chi connectivity index (χ2n) is 16.2. The molecule has 0 fully saturated rings. The van der Waals surface area contributed by atoms with Crippen LogP contribution in [0.25, 0.3) is 0 Å². The Balaban J connectivity index is 1.49. The monoisotopic (exact) mass is 898 g/mol. The van der Waals surface area contributed by atoms with Gasteiger partial charge in [-0.25, -0.2) is 4.79 Å². The van der Waals surface area contributed by atoms with E-state index in [9.17, 15) is 29.1 Å². The van der Waals surface area contributed by atoms with Crippen molar-refractivity contribution in [2.24, 2.45) is 11.5 Å². The van der Waals surface area contributed by atoms with Crippen molar-refractivity contribution < 1.29 is 48.1 Å². The minimum absolute atomic E-state index is 0.106. The number of hydrogen-bond acceptors (Lipinski definition) is 14. The third-order valence-electron chi connectivity index (χ3n) is 11.4. The number of nitrogens with one attached hydrogen (secondary N) is 3. The number of Topliss-reactive ketones (excluding diaryl/α,β-unsaturated/α-hetero) is 1. The summed E-state index contributed by atoms with van der Waals surface area (Å²) in [6.07, 6.45) is 1.04. The molecule has 0 radical (unpaired) electrons. The van der Waals surface area contributed by atoms with Gasteiger partial charge in [0.1, 0.15) is 29.9 Å². The van der Waals surface area contributed by atoms with Crippen LogP contribution < -0.4 is 41.6 Å². The summed E-state index contributed by atoms with van der Waals surface area (Å²) in [7, 11) is 5.67. The molecule has 2 aliphatic heterocycles. The highest BCUT2D eigenvalue weighted by molar-refractivity contribution is 5.96. The molecular weight excluding hydrogens is 841 g/mol. The highest BCUT2D eigenvalue weighted by atomic mass is 16.5. The van der Waals surface area contributed by atoms with Gasteiger partial charge in [0, 0.05) is 33.4 Å². The maximum Gasteiger partial charge on any atom is 0.326 e. The number of ether oxygens (including phenoxy) is 3. The van der Waals surface area contributed by atoms with Crippen LogP contribution in [0, 0.1) is 0 Å². The number of aromatic nitrogens is 3. The first kappa shape index (κ1) is 49.1. The molecule has 7 atom stereocenters. The molecule has 0 aliphatic carbocycles. The molecule has 20 heteroatoms. The van der Waals surface area contributed by atoms with Gasteiger partial charge in [0.15, 0.2) is 28.8 Å². The third kappa shape index (κ3) is 11.4. The van der Waals surface area contributed by atoms with E-state index in [2.05, 4.69) is 26.1 Å². The molecule has 0 spiro atoms. The number of ketones is 1. The van der Waals surface area contributed by atoms with E-state index in [0.29, 0.717) is 34.1 Å². The summed E-state index contributed by atoms with van der Waals surface area (Å²) in [5.74, 6) is -2.50. The fourth-order valence-electron chi connectivity index (χ4n) is 7.45. The Bertz CT molecular complexity index is 2350. The topological polar surface area (TPSA) is 276 Å². The summed E-state index contributed by atoms with van der Waals surface area (Å²) in [6, 6.07) is 12.3. The van der Waals surface area contributed by atoms with Gasteiger partial charge in [-0.1, -0.05) is 30.3 Å². The van der Waals surface area contributed by atoms with Crippen molar-refractivity contribution >= 4 is 35.4 Å². The number of carbonyl (C=O) groups excluding carboxylic acids is 5. The summed E-state index contributed by atoms with van der Waals surface area (Å²) < 4.78 is 18.4. The van der Waals surface area contributed by atoms with Crippen LogP contribution in [-0.2, 0) is 48.0 Å². The van der Waals surface area contributed by atoms with E-state index in [1.54, 1.807) is 73.7 Å². The van der Waals surface area contributed by atoms with Crippen LogP contribution in [0.1, 0.15) is 62.3 Å². The van der Waals surface area contributed by atoms with Crippen molar-refractivity contribution in [2.45, 2.75) is 88.9 Å². The zero-order chi connectivity index (χ0) is 47.7. The summed E-state index contributed by atoms with van der Waals surface area (Å²) in [5, 5.41) is 27.4. The minimum Gasteiger partial charge on any atom is -0.497 e. The van der Waals surface area contributed by atoms with E-state index in [-0.39, 0.29) is 25.1 Å². The van der Waals surface area contributed by atoms with Gasteiger partial charge >= 0.3 is 5.97 Å². The van der Waals surface area contributed by atoms with E-state index in [4.69, 9.17) is 25.7 Å². The van der Waals surface area contributed by atoms with Gasteiger partial charge in [-0.3, -0.25) is 29.3 Å². The van der Waals surface area contributed by atoms with Gasteiger partial charge in [0.2, 0.25) is 17.7 Å². The van der Waals surface area contributed by atoms with Crippen molar-refractivity contribution in [3.63, 3.8) is 0 Å². The second kappa shape index (κ2) is 21.2. The molecule has 3 heterocycles. The van der Waals surface area contributed by atoms with Gasteiger partial charge in [0.05, 0.1) is 44.9 Å². The molecule has 2 aliphatic rings. The number of carboxylic acids is 1. The quantitative estimate of drug-likeness (QED) is 0.0815. The molecule has 4 aromatic rings. The molecule has 4 amide bonds. The normalized spacial score (nSPS) is 18.5. The van der Waals surface area contributed by atoms with E-state index < -0.39 is 83.8 Å². The lowest BCUT2D eigenvalue weighted by molar-refractivity contribution is -0.161. The highest BCUT2D eigenvalue weighted by Crippen LogP contribution is 2.34. The van der Waals surface area contributed by atoms with Gasteiger partial charge < -0.3 is 55.8 Å². The van der Waals surface area contributed by atoms with Crippen molar-refractivity contribution in [3.8, 4) is 23.0 Å². The van der Waals surface area contributed by atoms with Crippen molar-refractivity contribution in [2.75, 3.05) is 34.9 Å². The molecule has 6 rings (SSSR count). The van der Waals surface area contributed by atoms with Crippen LogP contribution in [0.15, 0.2) is 73.1 Å². The standard InChI is InChI=1S/C45H58N10O10/c1-25(46)40(57)51-28(4)39-52-49-24-55(39)34(19-29-9-14-32(63-7)15-10-29)41(58)50-27(3)36(56)23-48-45(54(6)42(59)26(2)47)22-30-11-16-33(17-12-30)65-38-21-31(13-18-37(38)64-8)20-35(43(60)61)53(5)44(45)62/h9-18,21,24-28,34-35,48H,19-20,22-23,46-47H2,1-8H3,(H,50,58)(H,51,57)(H,60,61)/t25-,26+,27+,28+,34+,35+,45+/m1/s1. The highest BCUT2D eigenvalue weighted by Gasteiger charge is 2.49. The van der Waals surface area contributed by atoms with Gasteiger partial charge in [0.25, 0.3) is 5.91 Å². The number of nitrogens with two attached hydrogens (primary N) is 2. The number of methoxy groups -OCH3 is 2. The van der Waals surface area contributed by atoms with Gasteiger partial charge in [-0.15, -0.1) is 10.2 Å². The van der Waals surface area contributed by atoms with Crippen LogP contribution >= 0.6 is 0 Å². The maximum atomic E-state index is 15.1. The number of carbonyl (C=O) groups is 6. The van der Waals surface area contributed by atoms with E-state index in [1.165, 1.54) is 60.0 Å². The molecule has 348 valence electrons. The molecule has 0 unspecified atom stereocenters. The fourth-order valence-corrected chi connectivity index (χ4v) is 7.45. The predicted octanol–water partition coefficient (Wildman–Crippen LogP) is 1.27. The first-order valence-electron chi connectivity index (χ1n) is 20.9. The van der Waals surface area contributed by atoms with Crippen LogP contribution in [0.3, 0.4) is 0 Å². The Morgan fingerprint density at radius 2 is 1.58 bits per heavy atom. The van der Waals surface area contributed by atoms with Crippen molar-refractivity contribution in [3.05, 3.63) is 95.6 Å². The number of amides is 4. The number of aliphatic carboxylic acids is 1. The second-order valence-corrected chi connectivity index (χ2v) is 16.2. The lowest BCUT2D eigenvalue weighted by Gasteiger charge is -2.45. The lowest BCUT2D eigenvalue weighted by Crippen LogP contribution is -2.72. The number of benzene rings is 3. The van der Waals surface area contributed by atoms with Crippen LogP contribution in [0.2, 0.25) is 0 Å². The van der Waals surface area contributed by atoms with Crippen LogP contribution in [-0.4, -0.2) is 130 Å². The molecular formula is C45H58N10O10. The van der Waals surface area contributed by atoms with E-state index in [0.717, 1.165) is 15.4 Å². The van der Waals surface area contributed by atoms with Crippen LogP contribution in [0.5, 0.6) is 23.0 Å². The van der Waals surface area contributed by atoms with Gasteiger partial charge in [-0.2, -0.15) is 0 Å². The van der Waals surface area contributed by atoms with Crippen molar-refractivity contribution in [1.29, 1.82) is 0 Å². The summed E-state index contributed by atoms with van der Waals surface area (Å²) in [4.78, 5) is 85.2. The molecule has 4 bridgehead atoms. The zero-order valence-electron chi connectivity index (χ0n) is 37.7. The fraction of sp³-hybridized carbons (Fsp3) is 0.422. The maximum absolute atomic E-state index is 15.1. The van der Waals surface area contributed by atoms with E-state index in [1.807, 2.05) is 0 Å². The molecule has 20 nitrogen and oxygen atoms in total. The predicted molar refractivity (Wildman–Crippen MR) is 237 cm³/mol.